The van der Waals surface area contributed by atoms with Crippen molar-refractivity contribution in [2.24, 2.45) is 17.8 Å². The summed E-state index contributed by atoms with van der Waals surface area (Å²) < 4.78 is 5.04. The Morgan fingerprint density at radius 3 is 2.93 bits per heavy atom. The van der Waals surface area contributed by atoms with Gasteiger partial charge in [-0.2, -0.15) is 0 Å². The number of nitrogens with zero attached hydrogens (tertiary/aromatic N) is 1. The minimum atomic E-state index is -0.568. The summed E-state index contributed by atoms with van der Waals surface area (Å²) in [5.41, 5.74) is 3.96. The fourth-order valence-corrected chi connectivity index (χ4v) is 5.80. The van der Waals surface area contributed by atoms with E-state index in [1.165, 1.54) is 29.3 Å². The highest BCUT2D eigenvalue weighted by Crippen LogP contribution is 2.49. The zero-order chi connectivity index (χ0) is 17.8. The predicted molar refractivity (Wildman–Crippen MR) is 106 cm³/mol. The number of rotatable bonds is 1. The van der Waals surface area contributed by atoms with Crippen molar-refractivity contribution in [2.75, 3.05) is 20.2 Å². The lowest BCUT2D eigenvalue weighted by Gasteiger charge is -2.50. The standard InChI is InChI=1S/C21H26N2O3.ClH/c1-26-21(25)19-15-10-17-20-14(13-4-2-3-5-16(13)22-20)8-9-23(17)11-12(15)6-7-18(19)24;/h2-5,12,15,17-19,22,24H,6-11H2,1H3;1H/t12?,15?,17?,18-,19+;/m0./s1. The first-order valence-corrected chi connectivity index (χ1v) is 9.76. The summed E-state index contributed by atoms with van der Waals surface area (Å²) >= 11 is 0. The third-order valence-electron chi connectivity index (χ3n) is 7.02. The second-order valence-corrected chi connectivity index (χ2v) is 8.18. The number of aromatic nitrogens is 1. The first-order valence-electron chi connectivity index (χ1n) is 9.76. The number of piperidine rings is 1. The van der Waals surface area contributed by atoms with E-state index < -0.39 is 6.10 Å². The van der Waals surface area contributed by atoms with Crippen molar-refractivity contribution in [3.05, 3.63) is 35.5 Å². The van der Waals surface area contributed by atoms with E-state index >= 15 is 0 Å². The second-order valence-electron chi connectivity index (χ2n) is 8.18. The molecular weight excluding hydrogens is 364 g/mol. The Morgan fingerprint density at radius 1 is 1.30 bits per heavy atom. The quantitative estimate of drug-likeness (QED) is 0.734. The number of halogens is 1. The fraction of sp³-hybridized carbons (Fsp3) is 0.571. The Balaban J connectivity index is 0.00000180. The predicted octanol–water partition coefficient (Wildman–Crippen LogP) is 3.07. The van der Waals surface area contributed by atoms with Crippen LogP contribution in [0, 0.1) is 17.8 Å². The number of carbonyl (C=O) groups excluding carboxylic acids is 1. The van der Waals surface area contributed by atoms with Gasteiger partial charge in [0.05, 0.1) is 25.2 Å². The van der Waals surface area contributed by atoms with Gasteiger partial charge in [-0.1, -0.05) is 18.2 Å². The van der Waals surface area contributed by atoms with E-state index in [9.17, 15) is 9.90 Å². The monoisotopic (exact) mass is 390 g/mol. The number of aromatic amines is 1. The van der Waals surface area contributed by atoms with E-state index in [1.54, 1.807) is 0 Å². The van der Waals surface area contributed by atoms with Gasteiger partial charge in [0.2, 0.25) is 0 Å². The zero-order valence-electron chi connectivity index (χ0n) is 15.6. The molecular formula is C21H27ClN2O3. The van der Waals surface area contributed by atoms with Crippen molar-refractivity contribution < 1.29 is 14.6 Å². The minimum absolute atomic E-state index is 0. The molecule has 2 aliphatic heterocycles. The molecule has 2 N–H and O–H groups in total. The summed E-state index contributed by atoms with van der Waals surface area (Å²) in [5, 5.41) is 11.8. The van der Waals surface area contributed by atoms with E-state index in [0.29, 0.717) is 18.4 Å². The average molecular weight is 391 g/mol. The Hall–Kier alpha value is -1.56. The van der Waals surface area contributed by atoms with E-state index in [2.05, 4.69) is 34.1 Å². The normalized spacial score (nSPS) is 32.7. The first-order chi connectivity index (χ1) is 12.7. The lowest BCUT2D eigenvalue weighted by atomic mass is 9.65. The summed E-state index contributed by atoms with van der Waals surface area (Å²) in [6, 6.07) is 8.83. The Bertz CT molecular complexity index is 851. The number of hydrogen-bond acceptors (Lipinski definition) is 4. The van der Waals surface area contributed by atoms with Gasteiger partial charge in [0.1, 0.15) is 0 Å². The van der Waals surface area contributed by atoms with Crippen molar-refractivity contribution in [1.82, 2.24) is 9.88 Å². The van der Waals surface area contributed by atoms with Crippen LogP contribution in [0.15, 0.2) is 24.3 Å². The third-order valence-corrected chi connectivity index (χ3v) is 7.02. The summed E-state index contributed by atoms with van der Waals surface area (Å²) in [7, 11) is 1.43. The number of methoxy groups -OCH3 is 1. The van der Waals surface area contributed by atoms with Crippen LogP contribution in [-0.2, 0) is 16.0 Å². The van der Waals surface area contributed by atoms with Gasteiger partial charge in [0, 0.05) is 29.7 Å². The molecule has 3 unspecified atom stereocenters. The largest absolute Gasteiger partial charge is 0.469 e. The summed E-state index contributed by atoms with van der Waals surface area (Å²) in [6.45, 7) is 2.10. The van der Waals surface area contributed by atoms with Gasteiger partial charge in [-0.3, -0.25) is 9.69 Å². The summed E-state index contributed by atoms with van der Waals surface area (Å²) in [5.74, 6) is 0.0541. The molecule has 2 fully saturated rings. The zero-order valence-corrected chi connectivity index (χ0v) is 16.4. The molecule has 1 aromatic heterocycles. The van der Waals surface area contributed by atoms with E-state index in [0.717, 1.165) is 32.4 Å². The molecule has 27 heavy (non-hydrogen) atoms. The summed E-state index contributed by atoms with van der Waals surface area (Å²) in [4.78, 5) is 18.6. The Labute approximate surface area is 165 Å². The highest BCUT2D eigenvalue weighted by atomic mass is 35.5. The van der Waals surface area contributed by atoms with Crippen LogP contribution in [0.5, 0.6) is 0 Å². The van der Waals surface area contributed by atoms with Crippen LogP contribution in [0.1, 0.15) is 36.6 Å². The smallest absolute Gasteiger partial charge is 0.311 e. The Kier molecular flexibility index (Phi) is 4.95. The number of H-pyrrole nitrogens is 1. The van der Waals surface area contributed by atoms with Crippen LogP contribution in [0.3, 0.4) is 0 Å². The third kappa shape index (κ3) is 2.87. The van der Waals surface area contributed by atoms with E-state index in [-0.39, 0.29) is 30.2 Å². The van der Waals surface area contributed by atoms with Crippen LogP contribution < -0.4 is 0 Å². The fourth-order valence-electron chi connectivity index (χ4n) is 5.80. The van der Waals surface area contributed by atoms with Gasteiger partial charge in [-0.05, 0) is 49.1 Å². The molecule has 5 rings (SSSR count). The topological polar surface area (TPSA) is 65.6 Å². The van der Waals surface area contributed by atoms with Gasteiger partial charge in [-0.15, -0.1) is 12.4 Å². The number of fused-ring (bicyclic) bond motifs is 6. The molecule has 2 aromatic rings. The lowest BCUT2D eigenvalue weighted by molar-refractivity contribution is -0.160. The number of aliphatic hydroxyl groups excluding tert-OH is 1. The van der Waals surface area contributed by atoms with Crippen LogP contribution in [0.25, 0.3) is 10.9 Å². The molecule has 146 valence electrons. The van der Waals surface area contributed by atoms with E-state index in [1.807, 2.05) is 0 Å². The number of para-hydroxylation sites is 1. The molecule has 5 nitrogen and oxygen atoms in total. The van der Waals surface area contributed by atoms with Crippen molar-refractivity contribution in [2.45, 2.75) is 37.8 Å². The van der Waals surface area contributed by atoms with Crippen LogP contribution in [0.2, 0.25) is 0 Å². The molecule has 5 atom stereocenters. The average Bonchev–Trinajstić information content (AvgIpc) is 3.05. The SMILES string of the molecule is COC(=O)[C@@H]1C2CC3c4[nH]c5ccccc5c4CCN3CC2CC[C@@H]1O.Cl. The maximum Gasteiger partial charge on any atom is 0.311 e. The van der Waals surface area contributed by atoms with Gasteiger partial charge in [-0.25, -0.2) is 0 Å². The van der Waals surface area contributed by atoms with Crippen LogP contribution in [0.4, 0.5) is 0 Å². The molecule has 0 radical (unpaired) electrons. The molecule has 0 spiro atoms. The molecule has 1 saturated carbocycles. The Morgan fingerprint density at radius 2 is 2.11 bits per heavy atom. The number of benzene rings is 1. The van der Waals surface area contributed by atoms with Gasteiger partial charge in [0.25, 0.3) is 0 Å². The number of carbonyl (C=O) groups is 1. The highest BCUT2D eigenvalue weighted by molar-refractivity contribution is 5.85. The minimum Gasteiger partial charge on any atom is -0.469 e. The molecule has 1 aliphatic carbocycles. The van der Waals surface area contributed by atoms with Crippen LogP contribution >= 0.6 is 12.4 Å². The maximum atomic E-state index is 12.4. The molecule has 1 aromatic carbocycles. The highest BCUT2D eigenvalue weighted by Gasteiger charge is 2.49. The molecule has 6 heteroatoms. The number of ether oxygens (including phenoxy) is 1. The maximum absolute atomic E-state index is 12.4. The van der Waals surface area contributed by atoms with Gasteiger partial charge < -0.3 is 14.8 Å². The van der Waals surface area contributed by atoms with Crippen molar-refractivity contribution in [1.29, 1.82) is 0 Å². The van der Waals surface area contributed by atoms with Crippen molar-refractivity contribution in [3.8, 4) is 0 Å². The second kappa shape index (κ2) is 7.12. The number of hydrogen-bond donors (Lipinski definition) is 2. The molecule has 1 saturated heterocycles. The number of nitrogens with one attached hydrogen (secondary N) is 1. The van der Waals surface area contributed by atoms with Crippen molar-refractivity contribution in [3.63, 3.8) is 0 Å². The molecule has 3 heterocycles. The number of aliphatic hydroxyl groups is 1. The number of esters is 1. The first kappa shape index (κ1) is 18.8. The molecule has 0 amide bonds. The van der Waals surface area contributed by atoms with Gasteiger partial charge >= 0.3 is 5.97 Å². The summed E-state index contributed by atoms with van der Waals surface area (Å²) in [6.07, 6.45) is 3.14. The molecule has 0 bridgehead atoms. The van der Waals surface area contributed by atoms with Crippen molar-refractivity contribution >= 4 is 29.3 Å². The van der Waals surface area contributed by atoms with Gasteiger partial charge in [0.15, 0.2) is 0 Å². The lowest BCUT2D eigenvalue weighted by Crippen LogP contribution is -2.53. The molecule has 3 aliphatic rings. The van der Waals surface area contributed by atoms with E-state index in [4.69, 9.17) is 4.74 Å². The van der Waals surface area contributed by atoms with Crippen LogP contribution in [-0.4, -0.2) is 47.3 Å².